The Morgan fingerprint density at radius 2 is 2.15 bits per heavy atom. The number of amidine groups is 1. The van der Waals surface area contributed by atoms with E-state index >= 15 is 0 Å². The van der Waals surface area contributed by atoms with Crippen LogP contribution >= 0.6 is 0 Å². The summed E-state index contributed by atoms with van der Waals surface area (Å²) < 4.78 is 5.81. The second kappa shape index (κ2) is 7.41. The van der Waals surface area contributed by atoms with E-state index in [-0.39, 0.29) is 11.9 Å². The Morgan fingerprint density at radius 1 is 1.40 bits per heavy atom. The fourth-order valence-electron chi connectivity index (χ4n) is 2.81. The molecule has 4 nitrogen and oxygen atoms in total. The molecular formula is C16H25N3O. The van der Waals surface area contributed by atoms with Crippen LogP contribution in [0.2, 0.25) is 0 Å². The maximum Gasteiger partial charge on any atom is 0.0924 e. The molecule has 0 amide bonds. The summed E-state index contributed by atoms with van der Waals surface area (Å²) in [6.07, 6.45) is 4.43. The summed E-state index contributed by atoms with van der Waals surface area (Å²) in [5.74, 6) is 0.232. The van der Waals surface area contributed by atoms with Gasteiger partial charge in [0.25, 0.3) is 0 Å². The lowest BCUT2D eigenvalue weighted by atomic mass is 10.0. The van der Waals surface area contributed by atoms with Crippen LogP contribution in [0.1, 0.15) is 37.3 Å². The lowest BCUT2D eigenvalue weighted by molar-refractivity contribution is -0.00795. The lowest BCUT2D eigenvalue weighted by Crippen LogP contribution is -2.37. The first-order chi connectivity index (χ1) is 9.66. The van der Waals surface area contributed by atoms with Crippen LogP contribution in [0.3, 0.4) is 0 Å². The fraction of sp³-hybridized carbons (Fsp3) is 0.562. The normalized spacial score (nSPS) is 20.8. The molecule has 0 spiro atoms. The van der Waals surface area contributed by atoms with E-state index < -0.39 is 0 Å². The summed E-state index contributed by atoms with van der Waals surface area (Å²) in [5, 5.41) is 7.61. The number of hydrogen-bond donors (Lipinski definition) is 2. The second-order valence-electron chi connectivity index (χ2n) is 5.58. The number of nitrogens with one attached hydrogen (secondary N) is 1. The van der Waals surface area contributed by atoms with Crippen LogP contribution in [-0.2, 0) is 4.74 Å². The largest absolute Gasteiger partial charge is 0.388 e. The molecule has 1 aliphatic rings. The highest BCUT2D eigenvalue weighted by atomic mass is 16.5. The van der Waals surface area contributed by atoms with Gasteiger partial charge in [-0.15, -0.1) is 0 Å². The van der Waals surface area contributed by atoms with Gasteiger partial charge in [0.1, 0.15) is 0 Å². The summed E-state index contributed by atoms with van der Waals surface area (Å²) >= 11 is 0. The molecule has 110 valence electrons. The molecule has 2 atom stereocenters. The van der Waals surface area contributed by atoms with E-state index in [4.69, 9.17) is 15.9 Å². The maximum absolute atomic E-state index is 7.61. The van der Waals surface area contributed by atoms with Gasteiger partial charge >= 0.3 is 0 Å². The third-order valence-corrected chi connectivity index (χ3v) is 3.90. The molecule has 0 aliphatic carbocycles. The van der Waals surface area contributed by atoms with Crippen LogP contribution < -0.4 is 5.73 Å². The van der Waals surface area contributed by atoms with Crippen molar-refractivity contribution in [2.75, 3.05) is 20.2 Å². The SMILES string of the molecule is CN(CC1CCCCO1)C(CC(=N)N)c1ccccc1. The average Bonchev–Trinajstić information content (AvgIpc) is 2.46. The molecule has 1 heterocycles. The summed E-state index contributed by atoms with van der Waals surface area (Å²) in [7, 11) is 2.10. The summed E-state index contributed by atoms with van der Waals surface area (Å²) in [6, 6.07) is 10.4. The molecule has 0 radical (unpaired) electrons. The van der Waals surface area contributed by atoms with Crippen molar-refractivity contribution >= 4 is 5.84 Å². The van der Waals surface area contributed by atoms with Crippen LogP contribution in [0.15, 0.2) is 30.3 Å². The van der Waals surface area contributed by atoms with Gasteiger partial charge in [-0.2, -0.15) is 0 Å². The predicted octanol–water partition coefficient (Wildman–Crippen LogP) is 2.55. The molecule has 1 saturated heterocycles. The summed E-state index contributed by atoms with van der Waals surface area (Å²) in [4.78, 5) is 2.27. The zero-order valence-electron chi connectivity index (χ0n) is 12.2. The molecule has 3 N–H and O–H groups in total. The summed E-state index contributed by atoms with van der Waals surface area (Å²) in [6.45, 7) is 1.77. The number of nitrogens with two attached hydrogens (primary N) is 1. The van der Waals surface area contributed by atoms with E-state index in [0.717, 1.165) is 19.6 Å². The van der Waals surface area contributed by atoms with Crippen molar-refractivity contribution in [1.29, 1.82) is 5.41 Å². The molecule has 4 heteroatoms. The molecule has 0 aromatic heterocycles. The molecule has 20 heavy (non-hydrogen) atoms. The van der Waals surface area contributed by atoms with Crippen LogP contribution in [0.4, 0.5) is 0 Å². The summed E-state index contributed by atoms with van der Waals surface area (Å²) in [5.41, 5.74) is 6.84. The first-order valence-electron chi connectivity index (χ1n) is 7.36. The van der Waals surface area contributed by atoms with Gasteiger partial charge in [0.2, 0.25) is 0 Å². The lowest BCUT2D eigenvalue weighted by Gasteiger charge is -2.33. The van der Waals surface area contributed by atoms with Crippen molar-refractivity contribution in [3.63, 3.8) is 0 Å². The molecule has 1 fully saturated rings. The van der Waals surface area contributed by atoms with Crippen LogP contribution in [0.25, 0.3) is 0 Å². The van der Waals surface area contributed by atoms with Crippen molar-refractivity contribution in [3.05, 3.63) is 35.9 Å². The first kappa shape index (κ1) is 15.0. The Morgan fingerprint density at radius 3 is 2.75 bits per heavy atom. The van der Waals surface area contributed by atoms with Crippen molar-refractivity contribution in [3.8, 4) is 0 Å². The quantitative estimate of drug-likeness (QED) is 0.619. The van der Waals surface area contributed by atoms with Gasteiger partial charge in [0.15, 0.2) is 0 Å². The number of ether oxygens (including phenoxy) is 1. The van der Waals surface area contributed by atoms with Gasteiger partial charge in [-0.05, 0) is 31.9 Å². The highest BCUT2D eigenvalue weighted by molar-refractivity contribution is 5.77. The number of benzene rings is 1. The number of nitrogens with zero attached hydrogens (tertiary/aromatic N) is 1. The van der Waals surface area contributed by atoms with Gasteiger partial charge < -0.3 is 10.5 Å². The average molecular weight is 275 g/mol. The smallest absolute Gasteiger partial charge is 0.0924 e. The van der Waals surface area contributed by atoms with E-state index in [1.165, 1.54) is 18.4 Å². The topological polar surface area (TPSA) is 62.3 Å². The minimum absolute atomic E-state index is 0.152. The fourth-order valence-corrected chi connectivity index (χ4v) is 2.81. The third kappa shape index (κ3) is 4.32. The molecule has 1 aliphatic heterocycles. The van der Waals surface area contributed by atoms with E-state index in [9.17, 15) is 0 Å². The minimum Gasteiger partial charge on any atom is -0.388 e. The number of likely N-dealkylation sites (N-methyl/N-ethyl adjacent to an activating group) is 1. The zero-order chi connectivity index (χ0) is 14.4. The monoisotopic (exact) mass is 275 g/mol. The molecule has 1 aromatic rings. The third-order valence-electron chi connectivity index (χ3n) is 3.90. The van der Waals surface area contributed by atoms with E-state index in [0.29, 0.717) is 12.5 Å². The Hall–Kier alpha value is -1.39. The molecular weight excluding hydrogens is 250 g/mol. The Balaban J connectivity index is 2.03. The van der Waals surface area contributed by atoms with Gasteiger partial charge in [-0.1, -0.05) is 30.3 Å². The van der Waals surface area contributed by atoms with Crippen molar-refractivity contribution in [1.82, 2.24) is 4.90 Å². The van der Waals surface area contributed by atoms with Gasteiger partial charge in [-0.3, -0.25) is 10.3 Å². The number of rotatable bonds is 6. The van der Waals surface area contributed by atoms with Crippen molar-refractivity contribution in [2.45, 2.75) is 37.8 Å². The van der Waals surface area contributed by atoms with Gasteiger partial charge in [0, 0.05) is 25.6 Å². The Kier molecular flexibility index (Phi) is 5.56. The second-order valence-corrected chi connectivity index (χ2v) is 5.58. The van der Waals surface area contributed by atoms with Crippen LogP contribution in [-0.4, -0.2) is 37.0 Å². The molecule has 0 bridgehead atoms. The van der Waals surface area contributed by atoms with Gasteiger partial charge in [-0.25, -0.2) is 0 Å². The molecule has 1 aromatic carbocycles. The predicted molar refractivity (Wildman–Crippen MR) is 81.9 cm³/mol. The molecule has 0 saturated carbocycles. The van der Waals surface area contributed by atoms with Gasteiger partial charge in [0.05, 0.1) is 11.9 Å². The van der Waals surface area contributed by atoms with Crippen molar-refractivity contribution in [2.24, 2.45) is 5.73 Å². The molecule has 2 rings (SSSR count). The molecule has 2 unspecified atom stereocenters. The Bertz CT molecular complexity index is 415. The van der Waals surface area contributed by atoms with Crippen molar-refractivity contribution < 1.29 is 4.74 Å². The van der Waals surface area contributed by atoms with E-state index in [1.807, 2.05) is 18.2 Å². The number of hydrogen-bond acceptors (Lipinski definition) is 3. The highest BCUT2D eigenvalue weighted by Crippen LogP contribution is 2.24. The maximum atomic E-state index is 7.61. The standard InChI is InChI=1S/C16H25N3O/c1-19(12-14-9-5-6-10-20-14)15(11-16(17)18)13-7-3-2-4-8-13/h2-4,7-8,14-15H,5-6,9-12H2,1H3,(H3,17,18). The van der Waals surface area contributed by atoms with E-state index in [2.05, 4.69) is 24.1 Å². The highest BCUT2D eigenvalue weighted by Gasteiger charge is 2.22. The Labute approximate surface area is 121 Å². The van der Waals surface area contributed by atoms with Crippen LogP contribution in [0, 0.1) is 5.41 Å². The minimum atomic E-state index is 0.152. The zero-order valence-corrected chi connectivity index (χ0v) is 12.2. The van der Waals surface area contributed by atoms with E-state index in [1.54, 1.807) is 0 Å². The first-order valence-corrected chi connectivity index (χ1v) is 7.36. The van der Waals surface area contributed by atoms with Crippen LogP contribution in [0.5, 0.6) is 0 Å².